The van der Waals surface area contributed by atoms with E-state index in [0.29, 0.717) is 0 Å². The molecule has 0 aliphatic carbocycles. The van der Waals surface area contributed by atoms with Crippen molar-refractivity contribution < 1.29 is 28.2 Å². The smallest absolute Gasteiger partial charge is 0.343 e. The van der Waals surface area contributed by atoms with Gasteiger partial charge in [0.25, 0.3) is 0 Å². The SMILES string of the molecule is CCOC(=O)c1cn(CC(N)=O)c2cc(C(C#N)C(=O)OCC)c(F)cc2c1=O. The van der Waals surface area contributed by atoms with E-state index in [1.807, 2.05) is 0 Å². The van der Waals surface area contributed by atoms with E-state index in [9.17, 15) is 28.8 Å². The molecule has 0 fully saturated rings. The van der Waals surface area contributed by atoms with E-state index < -0.39 is 47.1 Å². The maximum absolute atomic E-state index is 14.7. The van der Waals surface area contributed by atoms with Gasteiger partial charge in [-0.3, -0.25) is 14.4 Å². The molecule has 0 saturated carbocycles. The van der Waals surface area contributed by atoms with Gasteiger partial charge in [-0.1, -0.05) is 0 Å². The van der Waals surface area contributed by atoms with E-state index in [-0.39, 0.29) is 29.7 Å². The number of halogens is 1. The molecule has 152 valence electrons. The van der Waals surface area contributed by atoms with Gasteiger partial charge in [-0.2, -0.15) is 5.26 Å². The van der Waals surface area contributed by atoms with Crippen LogP contribution in [0.5, 0.6) is 0 Å². The number of esters is 2. The lowest BCUT2D eigenvalue weighted by molar-refractivity contribution is -0.143. The summed E-state index contributed by atoms with van der Waals surface area (Å²) in [5, 5.41) is 9.06. The predicted molar refractivity (Wildman–Crippen MR) is 98.3 cm³/mol. The summed E-state index contributed by atoms with van der Waals surface area (Å²) >= 11 is 0. The van der Waals surface area contributed by atoms with Crippen LogP contribution in [0.2, 0.25) is 0 Å². The first-order chi connectivity index (χ1) is 13.7. The van der Waals surface area contributed by atoms with Crippen LogP contribution in [0.1, 0.15) is 35.7 Å². The minimum absolute atomic E-state index is 0.00280. The number of carbonyl (C=O) groups excluding carboxylic acids is 3. The normalized spacial score (nSPS) is 11.5. The van der Waals surface area contributed by atoms with Crippen LogP contribution in [0.3, 0.4) is 0 Å². The van der Waals surface area contributed by atoms with Gasteiger partial charge in [0.05, 0.1) is 24.8 Å². The summed E-state index contributed by atoms with van der Waals surface area (Å²) in [5.41, 5.74) is 3.68. The number of ether oxygens (including phenoxy) is 2. The number of nitrogens with zero attached hydrogens (tertiary/aromatic N) is 2. The Bertz CT molecular complexity index is 1090. The Labute approximate surface area is 164 Å². The van der Waals surface area contributed by atoms with Crippen molar-refractivity contribution in [2.45, 2.75) is 26.3 Å². The second-order valence-electron chi connectivity index (χ2n) is 5.89. The monoisotopic (exact) mass is 403 g/mol. The highest BCUT2D eigenvalue weighted by Gasteiger charge is 2.27. The van der Waals surface area contributed by atoms with Crippen LogP contribution in [-0.4, -0.2) is 35.6 Å². The standard InChI is InChI=1S/C19H18FN3O6/c1-3-28-18(26)12(7-21)10-6-15-11(5-14(10)20)17(25)13(19(27)29-4-2)8-23(15)9-16(22)24/h5-6,8,12H,3-4,9H2,1-2H3,(H2,22,24). The second kappa shape index (κ2) is 8.97. The van der Waals surface area contributed by atoms with Crippen molar-refractivity contribution in [3.05, 3.63) is 45.5 Å². The molecular formula is C19H18FN3O6. The maximum Gasteiger partial charge on any atom is 0.343 e. The number of fused-ring (bicyclic) bond motifs is 1. The molecule has 1 aromatic carbocycles. The summed E-state index contributed by atoms with van der Waals surface area (Å²) < 4.78 is 25.5. The molecule has 1 amide bonds. The zero-order valence-corrected chi connectivity index (χ0v) is 15.7. The Morgan fingerprint density at radius 3 is 2.45 bits per heavy atom. The molecule has 0 spiro atoms. The number of carbonyl (C=O) groups is 3. The van der Waals surface area contributed by atoms with Crippen molar-refractivity contribution in [2.75, 3.05) is 13.2 Å². The highest BCUT2D eigenvalue weighted by atomic mass is 19.1. The Hall–Kier alpha value is -3.74. The molecule has 1 atom stereocenters. The molecule has 9 nitrogen and oxygen atoms in total. The Morgan fingerprint density at radius 1 is 1.24 bits per heavy atom. The fraction of sp³-hybridized carbons (Fsp3) is 0.316. The summed E-state index contributed by atoms with van der Waals surface area (Å²) in [6, 6.07) is 3.56. The maximum atomic E-state index is 14.7. The summed E-state index contributed by atoms with van der Waals surface area (Å²) in [6.07, 6.45) is 1.07. The number of rotatable bonds is 7. The van der Waals surface area contributed by atoms with Gasteiger partial charge in [-0.25, -0.2) is 9.18 Å². The highest BCUT2D eigenvalue weighted by molar-refractivity contribution is 5.95. The number of nitrogens with two attached hydrogens (primary N) is 1. The van der Waals surface area contributed by atoms with Crippen molar-refractivity contribution in [1.29, 1.82) is 5.26 Å². The third-order valence-corrected chi connectivity index (χ3v) is 3.98. The fourth-order valence-electron chi connectivity index (χ4n) is 2.78. The summed E-state index contributed by atoms with van der Waals surface area (Å²) in [5.74, 6) is -5.29. The summed E-state index contributed by atoms with van der Waals surface area (Å²) in [6.45, 7) is 2.63. The average Bonchev–Trinajstić information content (AvgIpc) is 2.65. The molecule has 1 unspecified atom stereocenters. The molecule has 2 N–H and O–H groups in total. The van der Waals surface area contributed by atoms with Crippen LogP contribution in [-0.2, 0) is 25.6 Å². The van der Waals surface area contributed by atoms with Crippen LogP contribution < -0.4 is 11.2 Å². The highest BCUT2D eigenvalue weighted by Crippen LogP contribution is 2.25. The Morgan fingerprint density at radius 2 is 1.90 bits per heavy atom. The summed E-state index contributed by atoms with van der Waals surface area (Å²) in [4.78, 5) is 48.2. The van der Waals surface area contributed by atoms with Gasteiger partial charge < -0.3 is 19.8 Å². The number of amides is 1. The van der Waals surface area contributed by atoms with Crippen LogP contribution in [0.15, 0.2) is 23.1 Å². The van der Waals surface area contributed by atoms with E-state index in [1.54, 1.807) is 13.0 Å². The molecule has 2 rings (SSSR count). The Balaban J connectivity index is 2.81. The van der Waals surface area contributed by atoms with Crippen LogP contribution in [0.25, 0.3) is 10.9 Å². The van der Waals surface area contributed by atoms with E-state index >= 15 is 0 Å². The van der Waals surface area contributed by atoms with Gasteiger partial charge >= 0.3 is 11.9 Å². The van der Waals surface area contributed by atoms with Crippen LogP contribution in [0.4, 0.5) is 4.39 Å². The van der Waals surface area contributed by atoms with E-state index in [0.717, 1.165) is 22.9 Å². The Kier molecular flexibility index (Phi) is 6.67. The van der Waals surface area contributed by atoms with Crippen molar-refractivity contribution in [3.63, 3.8) is 0 Å². The lowest BCUT2D eigenvalue weighted by atomic mass is 9.97. The molecule has 0 aliphatic rings. The van der Waals surface area contributed by atoms with Crippen LogP contribution >= 0.6 is 0 Å². The first kappa shape index (κ1) is 21.6. The number of pyridine rings is 1. The third kappa shape index (κ3) is 4.40. The zero-order chi connectivity index (χ0) is 21.7. The van der Waals surface area contributed by atoms with Crippen molar-refractivity contribution in [2.24, 2.45) is 5.73 Å². The fourth-order valence-corrected chi connectivity index (χ4v) is 2.78. The second-order valence-corrected chi connectivity index (χ2v) is 5.89. The first-order valence-corrected chi connectivity index (χ1v) is 8.63. The van der Waals surface area contributed by atoms with Gasteiger partial charge in [0.1, 0.15) is 17.9 Å². The molecule has 1 aromatic heterocycles. The van der Waals surface area contributed by atoms with Gasteiger partial charge in [0, 0.05) is 17.1 Å². The molecular weight excluding hydrogens is 385 g/mol. The lowest BCUT2D eigenvalue weighted by Crippen LogP contribution is -2.25. The van der Waals surface area contributed by atoms with E-state index in [4.69, 9.17) is 15.2 Å². The molecule has 29 heavy (non-hydrogen) atoms. The quantitative estimate of drug-likeness (QED) is 0.679. The molecule has 0 aliphatic heterocycles. The number of primary amides is 1. The lowest BCUT2D eigenvalue weighted by Gasteiger charge is -2.15. The minimum atomic E-state index is -1.58. The van der Waals surface area contributed by atoms with Gasteiger partial charge in [0.15, 0.2) is 5.92 Å². The van der Waals surface area contributed by atoms with E-state index in [1.165, 1.54) is 6.92 Å². The predicted octanol–water partition coefficient (Wildman–Crippen LogP) is 0.973. The van der Waals surface area contributed by atoms with Crippen molar-refractivity contribution >= 4 is 28.7 Å². The van der Waals surface area contributed by atoms with Crippen molar-refractivity contribution in [3.8, 4) is 6.07 Å². The van der Waals surface area contributed by atoms with Crippen molar-refractivity contribution in [1.82, 2.24) is 4.57 Å². The van der Waals surface area contributed by atoms with Crippen LogP contribution in [0, 0.1) is 17.1 Å². The number of hydrogen-bond acceptors (Lipinski definition) is 7. The van der Waals surface area contributed by atoms with E-state index in [2.05, 4.69) is 0 Å². The summed E-state index contributed by atoms with van der Waals surface area (Å²) in [7, 11) is 0. The van der Waals surface area contributed by atoms with Gasteiger partial charge in [0.2, 0.25) is 11.3 Å². The minimum Gasteiger partial charge on any atom is -0.465 e. The number of benzene rings is 1. The molecule has 0 bridgehead atoms. The number of nitriles is 1. The molecule has 0 radical (unpaired) electrons. The van der Waals surface area contributed by atoms with Gasteiger partial charge in [-0.15, -0.1) is 0 Å². The number of aromatic nitrogens is 1. The molecule has 2 aromatic rings. The molecule has 1 heterocycles. The topological polar surface area (TPSA) is 141 Å². The van der Waals surface area contributed by atoms with Gasteiger partial charge in [-0.05, 0) is 26.0 Å². The molecule has 10 heteroatoms. The third-order valence-electron chi connectivity index (χ3n) is 3.98. The first-order valence-electron chi connectivity index (χ1n) is 8.63. The molecule has 0 saturated heterocycles. The largest absolute Gasteiger partial charge is 0.465 e. The zero-order valence-electron chi connectivity index (χ0n) is 15.7. The number of hydrogen-bond donors (Lipinski definition) is 1. The average molecular weight is 403 g/mol.